The van der Waals surface area contributed by atoms with E-state index in [0.29, 0.717) is 5.33 Å². The number of morpholine rings is 1. The van der Waals surface area contributed by atoms with Gasteiger partial charge in [-0.2, -0.15) is 0 Å². The molecule has 4 unspecified atom stereocenters. The number of nitrogens with zero attached hydrogens (tertiary/aromatic N) is 1. The number of halogens is 1. The van der Waals surface area contributed by atoms with Gasteiger partial charge < -0.3 is 14.4 Å². The summed E-state index contributed by atoms with van der Waals surface area (Å²) in [5.41, 5.74) is 3.43. The number of Topliss-reactive ketones (excluding diaryl/α,β-unsaturated/α-hetero) is 1. The van der Waals surface area contributed by atoms with E-state index in [1.54, 1.807) is 0 Å². The number of hydrogen-bond acceptors (Lipinski definition) is 4. The first-order valence-electron chi connectivity index (χ1n) is 11.3. The van der Waals surface area contributed by atoms with E-state index < -0.39 is 0 Å². The third-order valence-electron chi connectivity index (χ3n) is 8.18. The van der Waals surface area contributed by atoms with Gasteiger partial charge in [0.1, 0.15) is 5.75 Å². The van der Waals surface area contributed by atoms with E-state index in [-0.39, 0.29) is 11.2 Å². The Kier molecular flexibility index (Phi) is 5.40. The zero-order chi connectivity index (χ0) is 20.0. The predicted octanol–water partition coefficient (Wildman–Crippen LogP) is 4.97. The molecule has 5 heteroatoms. The summed E-state index contributed by atoms with van der Waals surface area (Å²) in [6.45, 7) is 3.16. The number of fused-ring (bicyclic) bond motifs is 2. The number of methoxy groups -OCH3 is 1. The molecule has 0 radical (unpaired) electrons. The van der Waals surface area contributed by atoms with Gasteiger partial charge in [0.05, 0.1) is 31.3 Å². The van der Waals surface area contributed by atoms with E-state index in [4.69, 9.17) is 9.47 Å². The van der Waals surface area contributed by atoms with Crippen molar-refractivity contribution in [1.29, 1.82) is 0 Å². The highest BCUT2D eigenvalue weighted by Gasteiger charge is 2.54. The van der Waals surface area contributed by atoms with Gasteiger partial charge in [-0.05, 0) is 62.0 Å². The van der Waals surface area contributed by atoms with Gasteiger partial charge in [-0.1, -0.05) is 28.8 Å². The van der Waals surface area contributed by atoms with Crippen LogP contribution in [0.15, 0.2) is 12.1 Å². The lowest BCUT2D eigenvalue weighted by Crippen LogP contribution is -2.37. The molecule has 0 amide bonds. The van der Waals surface area contributed by atoms with Crippen LogP contribution in [0.25, 0.3) is 0 Å². The molecular formula is C24H32BrNO3. The number of benzene rings is 1. The van der Waals surface area contributed by atoms with E-state index in [2.05, 4.69) is 33.0 Å². The van der Waals surface area contributed by atoms with Crippen LogP contribution in [0, 0.1) is 17.8 Å². The third-order valence-corrected chi connectivity index (χ3v) is 8.69. The van der Waals surface area contributed by atoms with Crippen LogP contribution in [0.3, 0.4) is 0 Å². The van der Waals surface area contributed by atoms with Crippen LogP contribution in [0.1, 0.15) is 60.9 Å². The fraction of sp³-hybridized carbons (Fsp3) is 0.708. The van der Waals surface area contributed by atoms with Crippen LogP contribution in [0.5, 0.6) is 5.75 Å². The van der Waals surface area contributed by atoms with Crippen LogP contribution < -0.4 is 9.64 Å². The molecule has 0 N–H and O–H groups in total. The topological polar surface area (TPSA) is 38.8 Å². The van der Waals surface area contributed by atoms with Crippen molar-refractivity contribution < 1.29 is 14.3 Å². The van der Waals surface area contributed by atoms with E-state index in [1.807, 2.05) is 7.11 Å². The number of anilines is 1. The number of carbonyl (C=O) groups excluding carboxylic acids is 1. The van der Waals surface area contributed by atoms with Crippen LogP contribution in [0.4, 0.5) is 5.69 Å². The molecule has 1 heterocycles. The van der Waals surface area contributed by atoms with E-state index in [1.165, 1.54) is 50.5 Å². The van der Waals surface area contributed by atoms with Crippen LogP contribution >= 0.6 is 15.9 Å². The van der Waals surface area contributed by atoms with Gasteiger partial charge in [0, 0.05) is 29.6 Å². The first-order chi connectivity index (χ1) is 14.1. The Bertz CT molecular complexity index is 791. The first kappa shape index (κ1) is 19.9. The van der Waals surface area contributed by atoms with Crippen molar-refractivity contribution in [2.75, 3.05) is 43.6 Å². The molecule has 4 nitrogen and oxygen atoms in total. The molecule has 3 aliphatic carbocycles. The Morgan fingerprint density at radius 2 is 2.03 bits per heavy atom. The van der Waals surface area contributed by atoms with E-state index in [9.17, 15) is 4.79 Å². The Hall–Kier alpha value is -1.07. The maximum absolute atomic E-state index is 12.8. The summed E-state index contributed by atoms with van der Waals surface area (Å²) in [6.07, 6.45) is 9.35. The smallest absolute Gasteiger partial charge is 0.173 e. The molecular weight excluding hydrogens is 430 g/mol. The van der Waals surface area contributed by atoms with E-state index >= 15 is 0 Å². The molecule has 1 saturated heterocycles. The monoisotopic (exact) mass is 461 g/mol. The second kappa shape index (κ2) is 7.88. The number of alkyl halides is 1. The molecule has 29 heavy (non-hydrogen) atoms. The fourth-order valence-corrected chi connectivity index (χ4v) is 7.38. The van der Waals surface area contributed by atoms with Crippen LogP contribution in [-0.2, 0) is 10.2 Å². The lowest BCUT2D eigenvalue weighted by Gasteiger charge is -2.39. The average Bonchev–Trinajstić information content (AvgIpc) is 2.94. The molecule has 1 aromatic carbocycles. The summed E-state index contributed by atoms with van der Waals surface area (Å²) in [6, 6.07) is 4.27. The summed E-state index contributed by atoms with van der Waals surface area (Å²) in [7, 11) is 1.81. The normalized spacial score (nSPS) is 33.6. The highest BCUT2D eigenvalue weighted by Crippen LogP contribution is 2.63. The number of rotatable bonds is 5. The quantitative estimate of drug-likeness (QED) is 0.458. The Labute approximate surface area is 182 Å². The van der Waals surface area contributed by atoms with E-state index in [0.717, 1.165) is 61.1 Å². The largest absolute Gasteiger partial charge is 0.494 e. The molecule has 4 aliphatic rings. The molecule has 3 saturated carbocycles. The van der Waals surface area contributed by atoms with Gasteiger partial charge in [-0.25, -0.2) is 0 Å². The SMILES string of the molecule is COc1c(N2CCOCC2)cc(C(=O)CBr)cc1C12CCCC3CC(CC1C3)C2. The standard InChI is InChI=1S/C24H32BrNO3/c1-28-23-20(24-4-2-3-16-9-17(14-24)11-19(24)10-16)12-18(22(27)15-25)13-21(23)26-5-7-29-8-6-26/h12-13,16-17,19H,2-11,14-15H2,1H3. The molecule has 5 rings (SSSR count). The molecule has 0 spiro atoms. The second-order valence-electron chi connectivity index (χ2n) is 9.62. The zero-order valence-corrected chi connectivity index (χ0v) is 19.0. The van der Waals surface area contributed by atoms with Crippen LogP contribution in [-0.4, -0.2) is 44.5 Å². The molecule has 0 aromatic heterocycles. The Morgan fingerprint density at radius 1 is 1.24 bits per heavy atom. The van der Waals surface area contributed by atoms with Crippen molar-refractivity contribution >= 4 is 27.4 Å². The van der Waals surface area contributed by atoms with Gasteiger partial charge in [0.2, 0.25) is 0 Å². The second-order valence-corrected chi connectivity index (χ2v) is 10.2. The number of ketones is 1. The molecule has 4 fully saturated rings. The fourth-order valence-electron chi connectivity index (χ4n) is 7.05. The van der Waals surface area contributed by atoms with Gasteiger partial charge in [-0.15, -0.1) is 0 Å². The first-order valence-corrected chi connectivity index (χ1v) is 12.4. The molecule has 4 atom stereocenters. The molecule has 3 bridgehead atoms. The lowest BCUT2D eigenvalue weighted by molar-refractivity contribution is 0.102. The zero-order valence-electron chi connectivity index (χ0n) is 17.4. The predicted molar refractivity (Wildman–Crippen MR) is 119 cm³/mol. The van der Waals surface area contributed by atoms with Gasteiger partial charge in [0.15, 0.2) is 5.78 Å². The summed E-state index contributed by atoms with van der Waals surface area (Å²) in [5.74, 6) is 3.69. The molecule has 1 aromatic rings. The minimum absolute atomic E-state index is 0.160. The molecule has 1 aliphatic heterocycles. The van der Waals surface area contributed by atoms with Crippen molar-refractivity contribution in [2.24, 2.45) is 17.8 Å². The van der Waals surface area contributed by atoms with Crippen molar-refractivity contribution in [3.8, 4) is 5.75 Å². The number of hydrogen-bond donors (Lipinski definition) is 0. The lowest BCUT2D eigenvalue weighted by atomic mass is 9.68. The van der Waals surface area contributed by atoms with Crippen molar-refractivity contribution in [3.63, 3.8) is 0 Å². The van der Waals surface area contributed by atoms with Crippen molar-refractivity contribution in [3.05, 3.63) is 23.3 Å². The minimum Gasteiger partial charge on any atom is -0.494 e. The van der Waals surface area contributed by atoms with Crippen molar-refractivity contribution in [1.82, 2.24) is 0 Å². The maximum atomic E-state index is 12.8. The average molecular weight is 462 g/mol. The maximum Gasteiger partial charge on any atom is 0.173 e. The number of carbonyl (C=O) groups is 1. The summed E-state index contributed by atoms with van der Waals surface area (Å²) >= 11 is 3.40. The highest BCUT2D eigenvalue weighted by molar-refractivity contribution is 9.09. The number of ether oxygens (including phenoxy) is 2. The van der Waals surface area contributed by atoms with Gasteiger partial charge >= 0.3 is 0 Å². The van der Waals surface area contributed by atoms with Gasteiger partial charge in [0.25, 0.3) is 0 Å². The Balaban J connectivity index is 1.67. The third kappa shape index (κ3) is 3.33. The minimum atomic E-state index is 0.160. The van der Waals surface area contributed by atoms with Crippen molar-refractivity contribution in [2.45, 2.75) is 50.4 Å². The molecule has 158 valence electrons. The van der Waals surface area contributed by atoms with Gasteiger partial charge in [-0.3, -0.25) is 4.79 Å². The summed E-state index contributed by atoms with van der Waals surface area (Å²) < 4.78 is 11.7. The van der Waals surface area contributed by atoms with Crippen LogP contribution in [0.2, 0.25) is 0 Å². The summed E-state index contributed by atoms with van der Waals surface area (Å²) in [4.78, 5) is 15.1. The Morgan fingerprint density at radius 3 is 2.79 bits per heavy atom. The summed E-state index contributed by atoms with van der Waals surface area (Å²) in [5, 5.41) is 0.364. The highest BCUT2D eigenvalue weighted by atomic mass is 79.9.